The van der Waals surface area contributed by atoms with Gasteiger partial charge in [-0.15, -0.1) is 0 Å². The van der Waals surface area contributed by atoms with E-state index in [-0.39, 0.29) is 0 Å². The van der Waals surface area contributed by atoms with Crippen LogP contribution in [0.15, 0.2) is 42.5 Å². The van der Waals surface area contributed by atoms with E-state index in [1.807, 2.05) is 32.0 Å². The van der Waals surface area contributed by atoms with Gasteiger partial charge < -0.3 is 30.1 Å². The van der Waals surface area contributed by atoms with E-state index in [4.69, 9.17) is 9.47 Å². The van der Waals surface area contributed by atoms with Crippen molar-refractivity contribution in [3.63, 3.8) is 0 Å². The molecule has 0 bridgehead atoms. The quantitative estimate of drug-likeness (QED) is 0.465. The molecule has 0 aliphatic heterocycles. The highest BCUT2D eigenvalue weighted by Gasteiger charge is 2.38. The Hall–Kier alpha value is -3.59. The Labute approximate surface area is 219 Å². The maximum Gasteiger partial charge on any atom is 0.408 e. The van der Waals surface area contributed by atoms with Crippen LogP contribution in [-0.4, -0.2) is 59.3 Å². The minimum absolute atomic E-state index is 0.437. The Bertz CT molecular complexity index is 1090. The minimum Gasteiger partial charge on any atom is -0.497 e. The number of nitrogens with one attached hydrogen (secondary N) is 2. The molecular weight excluding hydrogens is 474 g/mol. The smallest absolute Gasteiger partial charge is 0.408 e. The largest absolute Gasteiger partial charge is 0.497 e. The van der Waals surface area contributed by atoms with Crippen molar-refractivity contribution in [1.29, 1.82) is 0 Å². The molecule has 2 aromatic rings. The van der Waals surface area contributed by atoms with Crippen LogP contribution in [0.3, 0.4) is 0 Å². The lowest BCUT2D eigenvalue weighted by Gasteiger charge is -2.37. The summed E-state index contributed by atoms with van der Waals surface area (Å²) in [6, 6.07) is 9.70. The van der Waals surface area contributed by atoms with Crippen LogP contribution < -0.4 is 15.4 Å². The minimum atomic E-state index is -1.31. The lowest BCUT2D eigenvalue weighted by atomic mass is 9.95. The van der Waals surface area contributed by atoms with Gasteiger partial charge in [0.25, 0.3) is 5.91 Å². The predicted octanol–water partition coefficient (Wildman–Crippen LogP) is 4.11. The molecule has 0 saturated carbocycles. The number of alkyl carbamates (subject to hydrolysis) is 1. The van der Waals surface area contributed by atoms with E-state index in [2.05, 4.69) is 10.6 Å². The fraction of sp³-hybridized carbons (Fsp3) is 0.464. The molecule has 0 fully saturated rings. The van der Waals surface area contributed by atoms with Gasteiger partial charge in [0.15, 0.2) is 0 Å². The lowest BCUT2D eigenvalue weighted by molar-refractivity contribution is -0.143. The number of nitrogens with zero attached hydrogens (tertiary/aromatic N) is 1. The fourth-order valence-electron chi connectivity index (χ4n) is 3.93. The number of aryl methyl sites for hydroxylation is 2. The van der Waals surface area contributed by atoms with Crippen LogP contribution in [0.1, 0.15) is 57.4 Å². The SMILES string of the molecule is COc1ccc(NC(=O)C(c2ccc(C)cc2C)N(C(=O)C(CO)NC(=O)OC(C)(C)C)C(C)C)cc1. The summed E-state index contributed by atoms with van der Waals surface area (Å²) in [7, 11) is 1.55. The van der Waals surface area contributed by atoms with Crippen LogP contribution in [0.25, 0.3) is 0 Å². The second-order valence-electron chi connectivity index (χ2n) is 10.2. The molecule has 3 amide bonds. The molecule has 0 aromatic heterocycles. The summed E-state index contributed by atoms with van der Waals surface area (Å²) in [6.45, 7) is 11.8. The first kappa shape index (κ1) is 29.6. The number of carbonyl (C=O) groups excluding carboxylic acids is 3. The van der Waals surface area contributed by atoms with Crippen LogP contribution in [0.5, 0.6) is 5.75 Å². The Morgan fingerprint density at radius 3 is 2.14 bits per heavy atom. The van der Waals surface area contributed by atoms with Gasteiger partial charge in [0.05, 0.1) is 13.7 Å². The van der Waals surface area contributed by atoms with Crippen LogP contribution in [0.4, 0.5) is 10.5 Å². The molecule has 2 atom stereocenters. The molecule has 0 aliphatic rings. The van der Waals surface area contributed by atoms with Gasteiger partial charge in [0, 0.05) is 11.7 Å². The number of methoxy groups -OCH3 is 1. The number of hydrogen-bond acceptors (Lipinski definition) is 6. The Balaban J connectivity index is 2.49. The number of rotatable bonds is 9. The topological polar surface area (TPSA) is 117 Å². The number of anilines is 1. The standard InChI is InChI=1S/C28H39N3O6/c1-17(2)31(26(34)23(16-32)30-27(35)37-28(5,6)7)24(22-14-9-18(3)15-19(22)4)25(33)29-20-10-12-21(36-8)13-11-20/h9-15,17,23-24,32H,16H2,1-8H3,(H,29,33)(H,30,35). The number of hydrogen-bond donors (Lipinski definition) is 3. The maximum absolute atomic E-state index is 13.8. The van der Waals surface area contributed by atoms with Gasteiger partial charge in [-0.3, -0.25) is 9.59 Å². The fourth-order valence-corrected chi connectivity index (χ4v) is 3.93. The first-order valence-electron chi connectivity index (χ1n) is 12.2. The van der Waals surface area contributed by atoms with Gasteiger partial charge in [-0.25, -0.2) is 4.79 Å². The normalized spacial score (nSPS) is 12.9. The van der Waals surface area contributed by atoms with Crippen molar-refractivity contribution in [2.24, 2.45) is 0 Å². The second kappa shape index (κ2) is 12.6. The summed E-state index contributed by atoms with van der Waals surface area (Å²) < 4.78 is 10.4. The third kappa shape index (κ3) is 8.21. The zero-order chi connectivity index (χ0) is 27.9. The average Bonchev–Trinajstić information content (AvgIpc) is 2.80. The van der Waals surface area contributed by atoms with Crippen LogP contribution >= 0.6 is 0 Å². The third-order valence-electron chi connectivity index (χ3n) is 5.59. The average molecular weight is 514 g/mol. The molecule has 202 valence electrons. The Kier molecular flexibility index (Phi) is 10.1. The predicted molar refractivity (Wildman–Crippen MR) is 143 cm³/mol. The Morgan fingerprint density at radius 1 is 1.03 bits per heavy atom. The number of amides is 3. The molecule has 0 spiro atoms. The Morgan fingerprint density at radius 2 is 1.65 bits per heavy atom. The molecule has 3 N–H and O–H groups in total. The van der Waals surface area contributed by atoms with Crippen LogP contribution in [0, 0.1) is 13.8 Å². The molecule has 0 radical (unpaired) electrons. The van der Waals surface area contributed by atoms with Gasteiger partial charge >= 0.3 is 6.09 Å². The van der Waals surface area contributed by atoms with Crippen molar-refractivity contribution < 1.29 is 29.0 Å². The zero-order valence-electron chi connectivity index (χ0n) is 22.9. The summed E-state index contributed by atoms with van der Waals surface area (Å²) in [5.74, 6) is -0.409. The number of carbonyl (C=O) groups is 3. The van der Waals surface area contributed by atoms with E-state index in [0.717, 1.165) is 11.1 Å². The van der Waals surface area contributed by atoms with Crippen molar-refractivity contribution >= 4 is 23.6 Å². The van der Waals surface area contributed by atoms with E-state index in [0.29, 0.717) is 17.0 Å². The molecular formula is C28H39N3O6. The monoisotopic (exact) mass is 513 g/mol. The summed E-state index contributed by atoms with van der Waals surface area (Å²) >= 11 is 0. The first-order chi connectivity index (χ1) is 17.3. The van der Waals surface area contributed by atoms with E-state index >= 15 is 0 Å². The van der Waals surface area contributed by atoms with Crippen molar-refractivity contribution in [2.75, 3.05) is 19.0 Å². The number of aliphatic hydroxyl groups excluding tert-OH is 1. The van der Waals surface area contributed by atoms with Crippen molar-refractivity contribution in [2.45, 2.75) is 72.2 Å². The molecule has 0 heterocycles. The molecule has 0 aliphatic carbocycles. The number of benzene rings is 2. The van der Waals surface area contributed by atoms with E-state index in [1.165, 1.54) is 4.90 Å². The van der Waals surface area contributed by atoms with Gasteiger partial charge in [0.2, 0.25) is 5.91 Å². The molecule has 2 rings (SSSR count). The van der Waals surface area contributed by atoms with Gasteiger partial charge in [0.1, 0.15) is 23.4 Å². The van der Waals surface area contributed by atoms with E-state index in [9.17, 15) is 19.5 Å². The van der Waals surface area contributed by atoms with Crippen molar-refractivity contribution in [1.82, 2.24) is 10.2 Å². The van der Waals surface area contributed by atoms with Crippen LogP contribution in [-0.2, 0) is 14.3 Å². The zero-order valence-corrected chi connectivity index (χ0v) is 22.9. The van der Waals surface area contributed by atoms with Gasteiger partial charge in [-0.05, 0) is 83.9 Å². The van der Waals surface area contributed by atoms with Crippen LogP contribution in [0.2, 0.25) is 0 Å². The van der Waals surface area contributed by atoms with E-state index < -0.39 is 48.2 Å². The first-order valence-corrected chi connectivity index (χ1v) is 12.2. The number of ether oxygens (including phenoxy) is 2. The number of aliphatic hydroxyl groups is 1. The second-order valence-corrected chi connectivity index (χ2v) is 10.2. The maximum atomic E-state index is 13.8. The summed E-state index contributed by atoms with van der Waals surface area (Å²) in [4.78, 5) is 41.3. The van der Waals surface area contributed by atoms with E-state index in [1.54, 1.807) is 66.0 Å². The highest BCUT2D eigenvalue weighted by molar-refractivity contribution is 5.99. The third-order valence-corrected chi connectivity index (χ3v) is 5.59. The highest BCUT2D eigenvalue weighted by Crippen LogP contribution is 2.29. The molecule has 0 saturated heterocycles. The molecule has 2 unspecified atom stereocenters. The van der Waals surface area contributed by atoms with Crippen molar-refractivity contribution in [3.05, 3.63) is 59.2 Å². The summed E-state index contributed by atoms with van der Waals surface area (Å²) in [5, 5.41) is 15.3. The summed E-state index contributed by atoms with van der Waals surface area (Å²) in [5.41, 5.74) is 2.21. The van der Waals surface area contributed by atoms with Gasteiger partial charge in [-0.1, -0.05) is 23.8 Å². The molecule has 9 heteroatoms. The highest BCUT2D eigenvalue weighted by atomic mass is 16.6. The molecule has 2 aromatic carbocycles. The van der Waals surface area contributed by atoms with Gasteiger partial charge in [-0.2, -0.15) is 0 Å². The molecule has 37 heavy (non-hydrogen) atoms. The van der Waals surface area contributed by atoms with Crippen molar-refractivity contribution in [3.8, 4) is 5.75 Å². The molecule has 9 nitrogen and oxygen atoms in total. The summed E-state index contributed by atoms with van der Waals surface area (Å²) in [6.07, 6.45) is -0.839. The lowest BCUT2D eigenvalue weighted by Crippen LogP contribution is -2.55.